The number of ether oxygens (including phenoxy) is 1. The van der Waals surface area contributed by atoms with Gasteiger partial charge in [-0.3, -0.25) is 9.59 Å². The van der Waals surface area contributed by atoms with Crippen molar-refractivity contribution in [1.82, 2.24) is 10.2 Å². The summed E-state index contributed by atoms with van der Waals surface area (Å²) < 4.78 is 3.95. The first-order valence-electron chi connectivity index (χ1n) is 9.87. The number of carbonyl (C=O) groups is 4. The van der Waals surface area contributed by atoms with Crippen LogP contribution in [0, 0.1) is 0 Å². The number of hydrogen-bond acceptors (Lipinski definition) is 7. The third-order valence-corrected chi connectivity index (χ3v) is 7.49. The first-order valence-corrected chi connectivity index (χ1v) is 10.8. The molecular formula is C21H27N3O6S. The van der Waals surface area contributed by atoms with Gasteiger partial charge in [-0.25, -0.2) is 9.59 Å². The van der Waals surface area contributed by atoms with Gasteiger partial charge in [0.05, 0.1) is 7.11 Å². The van der Waals surface area contributed by atoms with E-state index in [1.807, 2.05) is 26.0 Å². The largest absolute Gasteiger partial charge is 0.480 e. The lowest BCUT2D eigenvalue weighted by Gasteiger charge is -2.50. The maximum absolute atomic E-state index is 13.1. The summed E-state index contributed by atoms with van der Waals surface area (Å²) >= 11 is 1.13. The van der Waals surface area contributed by atoms with Crippen LogP contribution in [-0.4, -0.2) is 62.6 Å². The maximum Gasteiger partial charge on any atom is 0.344 e. The zero-order chi connectivity index (χ0) is 23.3. The molecule has 31 heavy (non-hydrogen) atoms. The molecule has 3 rings (SSSR count). The van der Waals surface area contributed by atoms with Gasteiger partial charge < -0.3 is 25.8 Å². The minimum atomic E-state index is -2.02. The molecule has 2 heterocycles. The van der Waals surface area contributed by atoms with Crippen molar-refractivity contribution < 1.29 is 29.0 Å². The van der Waals surface area contributed by atoms with Crippen LogP contribution in [0.5, 0.6) is 0 Å². The highest BCUT2D eigenvalue weighted by atomic mass is 32.2. The number of aliphatic carboxylic acids is 1. The molecule has 2 unspecified atom stereocenters. The standard InChI is InChI=1S/C21H27N3O6S/c1-10(2)11-6-8-12(9-7-11)13(22)15(25)23-21(19(29)30-5)17(28)24-14(16(26)27)20(3,4)31-18(21)24/h6-10,13-14,18H,22H2,1-5H3,(H,23,25)(H,26,27)/t13?,14-,18+,21?/m0/s1. The third-order valence-electron chi connectivity index (χ3n) is 5.85. The van der Waals surface area contributed by atoms with Crippen molar-refractivity contribution in [3.05, 3.63) is 35.4 Å². The summed E-state index contributed by atoms with van der Waals surface area (Å²) in [5.74, 6) is -3.37. The second-order valence-corrected chi connectivity index (χ2v) is 10.3. The molecule has 9 nitrogen and oxygen atoms in total. The molecule has 0 aliphatic carbocycles. The smallest absolute Gasteiger partial charge is 0.344 e. The van der Waals surface area contributed by atoms with Crippen molar-refractivity contribution in [2.24, 2.45) is 5.73 Å². The molecule has 0 spiro atoms. The number of thioether (sulfide) groups is 1. The molecule has 2 fully saturated rings. The Morgan fingerprint density at radius 3 is 2.23 bits per heavy atom. The van der Waals surface area contributed by atoms with Crippen LogP contribution in [0.4, 0.5) is 0 Å². The van der Waals surface area contributed by atoms with Gasteiger partial charge in [0.15, 0.2) is 0 Å². The van der Waals surface area contributed by atoms with Gasteiger partial charge in [-0.2, -0.15) is 0 Å². The van der Waals surface area contributed by atoms with Gasteiger partial charge >= 0.3 is 11.9 Å². The van der Waals surface area contributed by atoms with Crippen LogP contribution in [0.2, 0.25) is 0 Å². The number of nitrogens with one attached hydrogen (secondary N) is 1. The van der Waals surface area contributed by atoms with Crippen LogP contribution in [0.1, 0.15) is 50.8 Å². The molecule has 0 radical (unpaired) electrons. The number of hydrogen-bond donors (Lipinski definition) is 3. The number of fused-ring (bicyclic) bond motifs is 1. The van der Waals surface area contributed by atoms with Crippen molar-refractivity contribution >= 4 is 35.5 Å². The highest BCUT2D eigenvalue weighted by molar-refractivity contribution is 8.01. The van der Waals surface area contributed by atoms with Gasteiger partial charge in [0.2, 0.25) is 11.4 Å². The summed E-state index contributed by atoms with van der Waals surface area (Å²) in [5, 5.41) is 11.2. The van der Waals surface area contributed by atoms with Gasteiger partial charge in [0.1, 0.15) is 17.5 Å². The topological polar surface area (TPSA) is 139 Å². The number of rotatable bonds is 6. The van der Waals surface area contributed by atoms with E-state index >= 15 is 0 Å². The summed E-state index contributed by atoms with van der Waals surface area (Å²) in [6.45, 7) is 7.43. The van der Waals surface area contributed by atoms with Gasteiger partial charge in [0.25, 0.3) is 5.91 Å². The lowest BCUT2D eigenvalue weighted by atomic mass is 9.84. The van der Waals surface area contributed by atoms with Gasteiger partial charge in [0, 0.05) is 4.75 Å². The zero-order valence-electron chi connectivity index (χ0n) is 18.0. The Morgan fingerprint density at radius 2 is 1.74 bits per heavy atom. The number of carboxylic acids is 1. The van der Waals surface area contributed by atoms with Crippen LogP contribution >= 0.6 is 11.8 Å². The Kier molecular flexibility index (Phi) is 5.83. The third kappa shape index (κ3) is 3.47. The monoisotopic (exact) mass is 449 g/mol. The van der Waals surface area contributed by atoms with E-state index in [2.05, 4.69) is 5.32 Å². The minimum absolute atomic E-state index is 0.310. The van der Waals surface area contributed by atoms with E-state index in [-0.39, 0.29) is 0 Å². The lowest BCUT2D eigenvalue weighted by molar-refractivity contribution is -0.180. The lowest BCUT2D eigenvalue weighted by Crippen LogP contribution is -2.83. The van der Waals surface area contributed by atoms with Crippen LogP contribution in [0.3, 0.4) is 0 Å². The predicted molar refractivity (Wildman–Crippen MR) is 114 cm³/mol. The molecule has 0 bridgehead atoms. The molecular weight excluding hydrogens is 422 g/mol. The van der Waals surface area contributed by atoms with Crippen LogP contribution in [0.15, 0.2) is 24.3 Å². The number of β-lactam (4-membered cyclic amide) rings is 1. The summed E-state index contributed by atoms with van der Waals surface area (Å²) in [7, 11) is 1.11. The number of methoxy groups -OCH3 is 1. The van der Waals surface area contributed by atoms with Crippen LogP contribution in [0.25, 0.3) is 0 Å². The van der Waals surface area contributed by atoms with E-state index in [0.717, 1.165) is 29.3 Å². The molecule has 10 heteroatoms. The normalized spacial score (nSPS) is 27.3. The number of benzene rings is 1. The van der Waals surface area contributed by atoms with Crippen LogP contribution < -0.4 is 11.1 Å². The second-order valence-electron chi connectivity index (χ2n) is 8.61. The van der Waals surface area contributed by atoms with Crippen molar-refractivity contribution in [3.63, 3.8) is 0 Å². The number of esters is 1. The van der Waals surface area contributed by atoms with Crippen molar-refractivity contribution in [1.29, 1.82) is 0 Å². The van der Waals surface area contributed by atoms with E-state index < -0.39 is 51.5 Å². The molecule has 4 N–H and O–H groups in total. The molecule has 168 valence electrons. The Labute approximate surface area is 184 Å². The Bertz CT molecular complexity index is 932. The maximum atomic E-state index is 13.1. The number of nitrogens with two attached hydrogens (primary N) is 1. The second kappa shape index (κ2) is 7.83. The number of amides is 2. The highest BCUT2D eigenvalue weighted by Gasteiger charge is 2.76. The molecule has 1 aromatic rings. The van der Waals surface area contributed by atoms with Crippen molar-refractivity contribution in [3.8, 4) is 0 Å². The quantitative estimate of drug-likeness (QED) is 0.332. The molecule has 2 amide bonds. The summed E-state index contributed by atoms with van der Waals surface area (Å²) in [5.41, 5.74) is 5.70. The highest BCUT2D eigenvalue weighted by Crippen LogP contribution is 2.55. The Balaban J connectivity index is 1.89. The van der Waals surface area contributed by atoms with Crippen molar-refractivity contribution in [2.75, 3.05) is 7.11 Å². The summed E-state index contributed by atoms with van der Waals surface area (Å²) in [6.07, 6.45) is 0. The fourth-order valence-corrected chi connectivity index (χ4v) is 5.77. The SMILES string of the molecule is COC(=O)C1(NC(=O)C(N)c2ccc(C(C)C)cc2)C(=O)N2[C@@H](C(=O)O)C(C)(C)S[C@@H]21. The summed E-state index contributed by atoms with van der Waals surface area (Å²) in [6, 6.07) is 4.93. The molecule has 4 atom stereocenters. The van der Waals surface area contributed by atoms with E-state index in [4.69, 9.17) is 10.5 Å². The number of carboxylic acid groups (broad SMARTS) is 1. The average Bonchev–Trinajstić information content (AvgIpc) is 2.99. The molecule has 2 aliphatic heterocycles. The van der Waals surface area contributed by atoms with Crippen molar-refractivity contribution in [2.45, 2.75) is 61.4 Å². The minimum Gasteiger partial charge on any atom is -0.480 e. The number of nitrogens with zero attached hydrogens (tertiary/aromatic N) is 1. The van der Waals surface area contributed by atoms with E-state index in [9.17, 15) is 24.3 Å². The van der Waals surface area contributed by atoms with Gasteiger partial charge in [-0.1, -0.05) is 38.1 Å². The Hall–Kier alpha value is -2.59. The molecule has 0 aromatic heterocycles. The average molecular weight is 450 g/mol. The van der Waals surface area contributed by atoms with E-state index in [1.54, 1.807) is 26.0 Å². The van der Waals surface area contributed by atoms with Gasteiger partial charge in [-0.05, 0) is 30.9 Å². The fourth-order valence-electron chi connectivity index (χ4n) is 4.09. The zero-order valence-corrected chi connectivity index (χ0v) is 18.9. The molecule has 0 saturated carbocycles. The number of carbonyl (C=O) groups excluding carboxylic acids is 3. The molecule has 2 saturated heterocycles. The molecule has 1 aromatic carbocycles. The van der Waals surface area contributed by atoms with Crippen LogP contribution in [-0.2, 0) is 23.9 Å². The molecule has 2 aliphatic rings. The van der Waals surface area contributed by atoms with Gasteiger partial charge in [-0.15, -0.1) is 11.8 Å². The van der Waals surface area contributed by atoms with E-state index in [1.165, 1.54) is 0 Å². The predicted octanol–water partition coefficient (Wildman–Crippen LogP) is 0.985. The van der Waals surface area contributed by atoms with E-state index in [0.29, 0.717) is 11.5 Å². The summed E-state index contributed by atoms with van der Waals surface area (Å²) in [4.78, 5) is 51.6. The fraction of sp³-hybridized carbons (Fsp3) is 0.524. The first kappa shape index (κ1) is 23.1. The Morgan fingerprint density at radius 1 is 1.19 bits per heavy atom. The first-order chi connectivity index (χ1) is 14.4.